The average Bonchev–Trinajstić information content (AvgIpc) is 3.20. The van der Waals surface area contributed by atoms with Crippen LogP contribution in [0.3, 0.4) is 0 Å². The highest BCUT2D eigenvalue weighted by molar-refractivity contribution is 5.95. The van der Waals surface area contributed by atoms with E-state index in [0.717, 1.165) is 42.6 Å². The number of aromatic nitrogens is 2. The van der Waals surface area contributed by atoms with Gasteiger partial charge in [0.25, 0.3) is 0 Å². The third-order valence-electron chi connectivity index (χ3n) is 4.39. The van der Waals surface area contributed by atoms with Crippen molar-refractivity contribution in [3.8, 4) is 11.3 Å². The first-order chi connectivity index (χ1) is 10.2. The molecule has 21 heavy (non-hydrogen) atoms. The number of rotatable bonds is 4. The molecule has 0 atom stereocenters. The number of carbonyl (C=O) groups is 1. The van der Waals surface area contributed by atoms with E-state index in [0.29, 0.717) is 6.54 Å². The molecule has 1 fully saturated rings. The van der Waals surface area contributed by atoms with Crippen molar-refractivity contribution in [3.63, 3.8) is 0 Å². The van der Waals surface area contributed by atoms with Crippen molar-refractivity contribution in [3.05, 3.63) is 36.8 Å². The number of carbonyl (C=O) groups excluding carboxylic acids is 1. The number of hydrogen-bond donors (Lipinski definition) is 3. The molecule has 2 aromatic rings. The lowest BCUT2D eigenvalue weighted by Gasteiger charge is -2.25. The minimum atomic E-state index is -0.373. The summed E-state index contributed by atoms with van der Waals surface area (Å²) in [5.74, 6) is 0.0526. The quantitative estimate of drug-likeness (QED) is 0.806. The van der Waals surface area contributed by atoms with E-state index in [-0.39, 0.29) is 11.3 Å². The second kappa shape index (κ2) is 5.69. The van der Waals surface area contributed by atoms with Gasteiger partial charge in [-0.2, -0.15) is 0 Å². The van der Waals surface area contributed by atoms with Crippen LogP contribution in [-0.4, -0.2) is 22.4 Å². The molecule has 0 spiro atoms. The first-order valence-electron chi connectivity index (χ1n) is 7.34. The molecule has 0 aliphatic heterocycles. The van der Waals surface area contributed by atoms with Gasteiger partial charge in [-0.3, -0.25) is 4.79 Å². The van der Waals surface area contributed by atoms with Gasteiger partial charge in [0.05, 0.1) is 23.6 Å². The van der Waals surface area contributed by atoms with Gasteiger partial charge in [-0.05, 0) is 30.5 Å². The molecule has 0 unspecified atom stereocenters. The molecule has 1 amide bonds. The summed E-state index contributed by atoms with van der Waals surface area (Å²) in [4.78, 5) is 19.5. The molecule has 0 bridgehead atoms. The molecule has 5 nitrogen and oxygen atoms in total. The van der Waals surface area contributed by atoms with Gasteiger partial charge in [0.15, 0.2) is 0 Å². The summed E-state index contributed by atoms with van der Waals surface area (Å²) >= 11 is 0. The molecule has 3 rings (SSSR count). The molecule has 1 aromatic carbocycles. The van der Waals surface area contributed by atoms with Crippen molar-refractivity contribution in [2.75, 3.05) is 11.9 Å². The van der Waals surface area contributed by atoms with Crippen LogP contribution in [0, 0.1) is 5.41 Å². The molecule has 1 aromatic heterocycles. The van der Waals surface area contributed by atoms with Gasteiger partial charge >= 0.3 is 0 Å². The standard InChI is InChI=1S/C16H20N4O/c17-10-16(7-1-2-8-16)15(21)20-13-5-3-12(4-6-13)14-9-18-11-19-14/h3-6,9,11H,1-2,7-8,10,17H2,(H,18,19)(H,20,21). The molecule has 1 saturated carbocycles. The Morgan fingerprint density at radius 1 is 1.29 bits per heavy atom. The summed E-state index contributed by atoms with van der Waals surface area (Å²) in [6.07, 6.45) is 7.38. The van der Waals surface area contributed by atoms with Gasteiger partial charge in [-0.25, -0.2) is 4.98 Å². The fraction of sp³-hybridized carbons (Fsp3) is 0.375. The average molecular weight is 284 g/mol. The van der Waals surface area contributed by atoms with Gasteiger partial charge in [-0.15, -0.1) is 0 Å². The Balaban J connectivity index is 1.72. The van der Waals surface area contributed by atoms with Crippen LogP contribution >= 0.6 is 0 Å². The largest absolute Gasteiger partial charge is 0.345 e. The van der Waals surface area contributed by atoms with Gasteiger partial charge in [0, 0.05) is 12.2 Å². The van der Waals surface area contributed by atoms with E-state index in [1.165, 1.54) is 0 Å². The van der Waals surface area contributed by atoms with E-state index in [1.54, 1.807) is 12.5 Å². The number of nitrogens with two attached hydrogens (primary N) is 1. The smallest absolute Gasteiger partial charge is 0.231 e. The number of H-pyrrole nitrogens is 1. The predicted octanol–water partition coefficient (Wildman–Crippen LogP) is 2.53. The number of benzene rings is 1. The molecular formula is C16H20N4O. The summed E-state index contributed by atoms with van der Waals surface area (Å²) in [6.45, 7) is 0.422. The molecule has 1 heterocycles. The van der Waals surface area contributed by atoms with Crippen molar-refractivity contribution < 1.29 is 4.79 Å². The summed E-state index contributed by atoms with van der Waals surface area (Å²) in [7, 11) is 0. The minimum Gasteiger partial charge on any atom is -0.345 e. The molecule has 1 aliphatic carbocycles. The molecule has 0 radical (unpaired) electrons. The van der Waals surface area contributed by atoms with E-state index >= 15 is 0 Å². The van der Waals surface area contributed by atoms with E-state index in [4.69, 9.17) is 5.73 Å². The van der Waals surface area contributed by atoms with Gasteiger partial charge in [0.1, 0.15) is 0 Å². The van der Waals surface area contributed by atoms with Crippen LogP contribution in [0.5, 0.6) is 0 Å². The second-order valence-electron chi connectivity index (χ2n) is 5.69. The van der Waals surface area contributed by atoms with Crippen LogP contribution in [0.2, 0.25) is 0 Å². The number of nitrogens with zero attached hydrogens (tertiary/aromatic N) is 1. The number of nitrogens with one attached hydrogen (secondary N) is 2. The van der Waals surface area contributed by atoms with Gasteiger partial charge in [0.2, 0.25) is 5.91 Å². The molecular weight excluding hydrogens is 264 g/mol. The monoisotopic (exact) mass is 284 g/mol. The fourth-order valence-electron chi connectivity index (χ4n) is 2.99. The van der Waals surface area contributed by atoms with E-state index in [9.17, 15) is 4.79 Å². The predicted molar refractivity (Wildman–Crippen MR) is 82.6 cm³/mol. The van der Waals surface area contributed by atoms with Crippen molar-refractivity contribution >= 4 is 11.6 Å². The van der Waals surface area contributed by atoms with Crippen LogP contribution in [0.4, 0.5) is 5.69 Å². The maximum atomic E-state index is 12.5. The maximum Gasteiger partial charge on any atom is 0.231 e. The summed E-state index contributed by atoms with van der Waals surface area (Å²) in [5.41, 5.74) is 8.28. The lowest BCUT2D eigenvalue weighted by atomic mass is 9.85. The topological polar surface area (TPSA) is 83.8 Å². The summed E-state index contributed by atoms with van der Waals surface area (Å²) in [5, 5.41) is 3.00. The fourth-order valence-corrected chi connectivity index (χ4v) is 2.99. The van der Waals surface area contributed by atoms with Crippen LogP contribution in [0.1, 0.15) is 25.7 Å². The Morgan fingerprint density at radius 3 is 2.57 bits per heavy atom. The van der Waals surface area contributed by atoms with Gasteiger partial charge in [-0.1, -0.05) is 25.0 Å². The van der Waals surface area contributed by atoms with Gasteiger partial charge < -0.3 is 16.0 Å². The lowest BCUT2D eigenvalue weighted by molar-refractivity contribution is -0.124. The maximum absolute atomic E-state index is 12.5. The van der Waals surface area contributed by atoms with E-state index < -0.39 is 0 Å². The Labute approximate surface area is 124 Å². The van der Waals surface area contributed by atoms with Crippen molar-refractivity contribution in [1.82, 2.24) is 9.97 Å². The Kier molecular flexibility index (Phi) is 3.75. The highest BCUT2D eigenvalue weighted by Crippen LogP contribution is 2.38. The normalized spacial score (nSPS) is 16.8. The molecule has 1 aliphatic rings. The zero-order valence-corrected chi connectivity index (χ0v) is 11.9. The second-order valence-corrected chi connectivity index (χ2v) is 5.69. The van der Waals surface area contributed by atoms with Crippen LogP contribution in [0.25, 0.3) is 11.3 Å². The minimum absolute atomic E-state index is 0.0526. The first kappa shape index (κ1) is 13.8. The molecule has 110 valence electrons. The van der Waals surface area contributed by atoms with E-state index in [2.05, 4.69) is 15.3 Å². The van der Waals surface area contributed by atoms with Crippen LogP contribution in [-0.2, 0) is 4.79 Å². The Morgan fingerprint density at radius 2 is 2.00 bits per heavy atom. The summed E-state index contributed by atoms with van der Waals surface area (Å²) < 4.78 is 0. The number of amides is 1. The van der Waals surface area contributed by atoms with Crippen LogP contribution < -0.4 is 11.1 Å². The zero-order chi connectivity index (χ0) is 14.7. The number of imidazole rings is 1. The van der Waals surface area contributed by atoms with Crippen molar-refractivity contribution in [2.45, 2.75) is 25.7 Å². The molecule has 4 N–H and O–H groups in total. The number of hydrogen-bond acceptors (Lipinski definition) is 3. The molecule has 5 heteroatoms. The Hall–Kier alpha value is -2.14. The number of anilines is 1. The number of aromatic amines is 1. The molecule has 0 saturated heterocycles. The highest BCUT2D eigenvalue weighted by atomic mass is 16.2. The highest BCUT2D eigenvalue weighted by Gasteiger charge is 2.39. The third-order valence-corrected chi connectivity index (χ3v) is 4.39. The van der Waals surface area contributed by atoms with Crippen molar-refractivity contribution in [1.29, 1.82) is 0 Å². The van der Waals surface area contributed by atoms with Crippen LogP contribution in [0.15, 0.2) is 36.8 Å². The van der Waals surface area contributed by atoms with E-state index in [1.807, 2.05) is 24.3 Å². The SMILES string of the molecule is NCC1(C(=O)Nc2ccc(-c3cnc[nH]3)cc2)CCCC1. The third kappa shape index (κ3) is 2.69. The van der Waals surface area contributed by atoms with Crippen molar-refractivity contribution in [2.24, 2.45) is 11.1 Å². The first-order valence-corrected chi connectivity index (χ1v) is 7.34. The summed E-state index contributed by atoms with van der Waals surface area (Å²) in [6, 6.07) is 7.75. The Bertz CT molecular complexity index is 598. The lowest BCUT2D eigenvalue weighted by Crippen LogP contribution is -2.40. The zero-order valence-electron chi connectivity index (χ0n) is 11.9.